The van der Waals surface area contributed by atoms with E-state index in [-0.39, 0.29) is 10.8 Å². The first-order valence-electron chi connectivity index (χ1n) is 11.0. The fourth-order valence-corrected chi connectivity index (χ4v) is 5.28. The lowest BCUT2D eigenvalue weighted by Crippen LogP contribution is -2.35. The molecule has 3 rings (SSSR count). The van der Waals surface area contributed by atoms with E-state index in [0.29, 0.717) is 36.7 Å². The highest BCUT2D eigenvalue weighted by Crippen LogP contribution is 2.30. The molecule has 2 aromatic carbocycles. The average molecular weight is 461 g/mol. The number of carbonyl (C=O) groups is 1. The number of ether oxygens (including phenoxy) is 2. The van der Waals surface area contributed by atoms with Crippen LogP contribution in [0.15, 0.2) is 41.3 Å². The summed E-state index contributed by atoms with van der Waals surface area (Å²) in [5.74, 6) is 0.678. The zero-order valence-electron chi connectivity index (χ0n) is 19.2. The van der Waals surface area contributed by atoms with Crippen molar-refractivity contribution in [3.05, 3.63) is 47.5 Å². The van der Waals surface area contributed by atoms with Crippen LogP contribution < -0.4 is 14.8 Å². The number of aryl methyl sites for hydroxylation is 1. The molecule has 0 radical (unpaired) electrons. The molecule has 174 valence electrons. The van der Waals surface area contributed by atoms with Gasteiger partial charge in [-0.3, -0.25) is 4.79 Å². The number of sulfonamides is 1. The number of methoxy groups -OCH3 is 1. The maximum Gasteiger partial charge on any atom is 0.265 e. The third-order valence-corrected chi connectivity index (χ3v) is 7.76. The molecule has 1 N–H and O–H groups in total. The number of hydrogen-bond acceptors (Lipinski definition) is 5. The summed E-state index contributed by atoms with van der Waals surface area (Å²) < 4.78 is 39.0. The molecule has 2 aromatic rings. The summed E-state index contributed by atoms with van der Waals surface area (Å²) in [5, 5.41) is 2.81. The number of amides is 1. The Bertz CT molecular complexity index is 1060. The summed E-state index contributed by atoms with van der Waals surface area (Å²) in [5.41, 5.74) is 2.36. The summed E-state index contributed by atoms with van der Waals surface area (Å²) in [7, 11) is -2.15. The van der Waals surface area contributed by atoms with Gasteiger partial charge in [-0.25, -0.2) is 8.42 Å². The monoisotopic (exact) mass is 460 g/mol. The van der Waals surface area contributed by atoms with Crippen LogP contribution in [0.25, 0.3) is 0 Å². The van der Waals surface area contributed by atoms with Crippen molar-refractivity contribution in [3.63, 3.8) is 0 Å². The van der Waals surface area contributed by atoms with Crippen molar-refractivity contribution >= 4 is 21.6 Å². The van der Waals surface area contributed by atoms with Crippen molar-refractivity contribution in [3.8, 4) is 11.5 Å². The van der Waals surface area contributed by atoms with Crippen LogP contribution in [0.1, 0.15) is 43.7 Å². The molecule has 1 aliphatic rings. The molecule has 1 fully saturated rings. The van der Waals surface area contributed by atoms with Crippen molar-refractivity contribution in [1.82, 2.24) is 4.31 Å². The van der Waals surface area contributed by atoms with Gasteiger partial charge in [-0.05, 0) is 68.5 Å². The summed E-state index contributed by atoms with van der Waals surface area (Å²) in [6, 6.07) is 10.3. The van der Waals surface area contributed by atoms with Gasteiger partial charge < -0.3 is 14.8 Å². The topological polar surface area (TPSA) is 84.9 Å². The molecule has 0 aliphatic carbocycles. The Hall–Kier alpha value is -2.58. The van der Waals surface area contributed by atoms with Gasteiger partial charge in [0.2, 0.25) is 10.0 Å². The van der Waals surface area contributed by atoms with Crippen molar-refractivity contribution in [2.45, 2.75) is 57.5 Å². The van der Waals surface area contributed by atoms with Gasteiger partial charge in [0.1, 0.15) is 11.5 Å². The highest BCUT2D eigenvalue weighted by molar-refractivity contribution is 7.89. The van der Waals surface area contributed by atoms with Crippen molar-refractivity contribution < 1.29 is 22.7 Å². The van der Waals surface area contributed by atoms with Gasteiger partial charge in [-0.2, -0.15) is 4.31 Å². The molecule has 1 saturated heterocycles. The van der Waals surface area contributed by atoms with E-state index in [1.165, 1.54) is 23.5 Å². The number of nitrogens with one attached hydrogen (secondary N) is 1. The van der Waals surface area contributed by atoms with Gasteiger partial charge in [0.05, 0.1) is 17.7 Å². The quantitative estimate of drug-likeness (QED) is 0.635. The first-order valence-corrected chi connectivity index (χ1v) is 12.4. The van der Waals surface area contributed by atoms with Crippen LogP contribution in [0.5, 0.6) is 11.5 Å². The van der Waals surface area contributed by atoms with Crippen LogP contribution in [0.4, 0.5) is 5.69 Å². The zero-order chi connectivity index (χ0) is 23.3. The Morgan fingerprint density at radius 1 is 1.09 bits per heavy atom. The van der Waals surface area contributed by atoms with Crippen LogP contribution in [-0.4, -0.2) is 44.9 Å². The predicted molar refractivity (Wildman–Crippen MR) is 125 cm³/mol. The number of anilines is 1. The molecule has 1 amide bonds. The molecule has 32 heavy (non-hydrogen) atoms. The van der Waals surface area contributed by atoms with Crippen LogP contribution in [0.3, 0.4) is 0 Å². The lowest BCUT2D eigenvalue weighted by molar-refractivity contribution is -0.122. The molecule has 1 aliphatic heterocycles. The predicted octanol–water partition coefficient (Wildman–Crippen LogP) is 4.28. The molecule has 0 bridgehead atoms. The zero-order valence-corrected chi connectivity index (χ0v) is 20.0. The summed E-state index contributed by atoms with van der Waals surface area (Å²) in [4.78, 5) is 13.2. The minimum Gasteiger partial charge on any atom is -0.495 e. The van der Waals surface area contributed by atoms with E-state index in [2.05, 4.69) is 5.32 Å². The summed E-state index contributed by atoms with van der Waals surface area (Å²) >= 11 is 0. The lowest BCUT2D eigenvalue weighted by Gasteiger charge is -2.26. The molecule has 7 nitrogen and oxygen atoms in total. The molecular formula is C24H32N2O5S. The normalized spacial score (nSPS) is 15.8. The number of nitrogens with zero attached hydrogens (tertiary/aromatic N) is 1. The number of piperidine rings is 1. The third kappa shape index (κ3) is 5.24. The van der Waals surface area contributed by atoms with Crippen LogP contribution in [-0.2, 0) is 14.8 Å². The maximum absolute atomic E-state index is 13.1. The number of carbonyl (C=O) groups excluding carboxylic acids is 1. The van der Waals surface area contributed by atoms with Crippen molar-refractivity contribution in [1.29, 1.82) is 0 Å². The van der Waals surface area contributed by atoms with Crippen LogP contribution in [0, 0.1) is 13.8 Å². The van der Waals surface area contributed by atoms with Gasteiger partial charge >= 0.3 is 0 Å². The van der Waals surface area contributed by atoms with E-state index in [1.807, 2.05) is 39.0 Å². The smallest absolute Gasteiger partial charge is 0.265 e. The van der Waals surface area contributed by atoms with Crippen molar-refractivity contribution in [2.75, 3.05) is 25.5 Å². The maximum atomic E-state index is 13.1. The Kier molecular flexibility index (Phi) is 7.79. The second-order valence-electron chi connectivity index (χ2n) is 8.03. The first-order chi connectivity index (χ1) is 15.3. The minimum absolute atomic E-state index is 0.138. The highest BCUT2D eigenvalue weighted by Gasteiger charge is 2.28. The molecule has 0 saturated carbocycles. The minimum atomic E-state index is -3.63. The Balaban J connectivity index is 1.83. The van der Waals surface area contributed by atoms with Crippen LogP contribution >= 0.6 is 0 Å². The average Bonchev–Trinajstić information content (AvgIpc) is 2.80. The van der Waals surface area contributed by atoms with E-state index in [9.17, 15) is 13.2 Å². The second kappa shape index (κ2) is 10.4. The standard InChI is InChI=1S/C24H32N2O5S/c1-5-21(31-22-11-9-10-17(2)18(22)3)24(27)25-20-16-19(12-13-23(20)30-4)32(28,29)26-14-7-6-8-15-26/h9-13,16,21H,5-8,14-15H2,1-4H3,(H,25,27)/t21-/m1/s1. The Morgan fingerprint density at radius 3 is 2.47 bits per heavy atom. The molecule has 1 atom stereocenters. The first kappa shape index (κ1) is 24.1. The van der Waals surface area contributed by atoms with Crippen LogP contribution in [0.2, 0.25) is 0 Å². The van der Waals surface area contributed by atoms with Gasteiger partial charge in [-0.1, -0.05) is 25.5 Å². The van der Waals surface area contributed by atoms with E-state index in [0.717, 1.165) is 30.4 Å². The fraction of sp³-hybridized carbons (Fsp3) is 0.458. The number of benzene rings is 2. The fourth-order valence-electron chi connectivity index (χ4n) is 3.74. The van der Waals surface area contributed by atoms with Crippen molar-refractivity contribution in [2.24, 2.45) is 0 Å². The van der Waals surface area contributed by atoms with E-state index >= 15 is 0 Å². The van der Waals surface area contributed by atoms with E-state index in [1.54, 1.807) is 6.07 Å². The molecule has 1 heterocycles. The third-order valence-electron chi connectivity index (χ3n) is 5.87. The van der Waals surface area contributed by atoms with Gasteiger partial charge in [0, 0.05) is 13.1 Å². The molecule has 0 aromatic heterocycles. The van der Waals surface area contributed by atoms with E-state index in [4.69, 9.17) is 9.47 Å². The molecular weight excluding hydrogens is 428 g/mol. The molecule has 0 unspecified atom stereocenters. The summed E-state index contributed by atoms with van der Waals surface area (Å²) in [6.07, 6.45) is 2.46. The van der Waals surface area contributed by atoms with E-state index < -0.39 is 16.1 Å². The largest absolute Gasteiger partial charge is 0.495 e. The number of rotatable bonds is 8. The molecule has 0 spiro atoms. The molecule has 8 heteroatoms. The van der Waals surface area contributed by atoms with Gasteiger partial charge in [0.25, 0.3) is 5.91 Å². The SMILES string of the molecule is CC[C@@H](Oc1cccc(C)c1C)C(=O)Nc1cc(S(=O)(=O)N2CCCCC2)ccc1OC. The second-order valence-corrected chi connectivity index (χ2v) is 9.97. The summed E-state index contributed by atoms with van der Waals surface area (Å²) in [6.45, 7) is 6.83. The Morgan fingerprint density at radius 2 is 1.81 bits per heavy atom. The number of hydrogen-bond donors (Lipinski definition) is 1. The van der Waals surface area contributed by atoms with Gasteiger partial charge in [-0.15, -0.1) is 0 Å². The highest BCUT2D eigenvalue weighted by atomic mass is 32.2. The Labute approximate surface area is 190 Å². The lowest BCUT2D eigenvalue weighted by atomic mass is 10.1. The van der Waals surface area contributed by atoms with Gasteiger partial charge in [0.15, 0.2) is 6.10 Å².